The quantitative estimate of drug-likeness (QED) is 0.492. The van der Waals surface area contributed by atoms with Gasteiger partial charge in [0, 0.05) is 13.1 Å². The molecule has 0 heterocycles. The van der Waals surface area contributed by atoms with Crippen LogP contribution in [-0.2, 0) is 4.79 Å². The van der Waals surface area contributed by atoms with Gasteiger partial charge in [-0.1, -0.05) is 0 Å². The van der Waals surface area contributed by atoms with Gasteiger partial charge in [0.25, 0.3) is 0 Å². The van der Waals surface area contributed by atoms with Crippen LogP contribution in [0.1, 0.15) is 6.92 Å². The van der Waals surface area contributed by atoms with E-state index in [9.17, 15) is 4.79 Å². The van der Waals surface area contributed by atoms with Crippen molar-refractivity contribution < 1.29 is 4.79 Å². The molecule has 1 amide bonds. The lowest BCUT2D eigenvalue weighted by Gasteiger charge is -2.06. The summed E-state index contributed by atoms with van der Waals surface area (Å²) in [5, 5.41) is 5.56. The van der Waals surface area contributed by atoms with Crippen LogP contribution in [0.25, 0.3) is 0 Å². The number of amides is 1. The first-order valence-electron chi connectivity index (χ1n) is 3.36. The first kappa shape index (κ1) is 13.3. The molecular weight excluding hydrogens is 166 g/mol. The SMILES string of the molecule is CNCCNC(=O)C(C)N.Cl. The van der Waals surface area contributed by atoms with Crippen molar-refractivity contribution in [1.29, 1.82) is 0 Å². The molecule has 0 bridgehead atoms. The number of hydrogen-bond donors (Lipinski definition) is 3. The predicted molar refractivity (Wildman–Crippen MR) is 47.8 cm³/mol. The lowest BCUT2D eigenvalue weighted by Crippen LogP contribution is -2.40. The highest BCUT2D eigenvalue weighted by Crippen LogP contribution is 1.72. The molecule has 0 aromatic carbocycles. The van der Waals surface area contributed by atoms with Gasteiger partial charge in [0.05, 0.1) is 6.04 Å². The second-order valence-electron chi connectivity index (χ2n) is 2.18. The zero-order valence-corrected chi connectivity index (χ0v) is 7.70. The van der Waals surface area contributed by atoms with Crippen molar-refractivity contribution >= 4 is 18.3 Å². The first-order chi connectivity index (χ1) is 4.68. The highest BCUT2D eigenvalue weighted by molar-refractivity contribution is 5.85. The Balaban J connectivity index is 0. The lowest BCUT2D eigenvalue weighted by atomic mass is 10.3. The van der Waals surface area contributed by atoms with Crippen molar-refractivity contribution in [2.75, 3.05) is 20.1 Å². The summed E-state index contributed by atoms with van der Waals surface area (Å²) in [5.41, 5.74) is 5.29. The molecule has 0 saturated carbocycles. The highest BCUT2D eigenvalue weighted by Gasteiger charge is 2.03. The number of halogens is 1. The van der Waals surface area contributed by atoms with E-state index in [1.807, 2.05) is 7.05 Å². The van der Waals surface area contributed by atoms with Gasteiger partial charge in [0.1, 0.15) is 0 Å². The maximum Gasteiger partial charge on any atom is 0.236 e. The third kappa shape index (κ3) is 7.58. The molecule has 0 saturated heterocycles. The number of nitrogens with one attached hydrogen (secondary N) is 2. The Hall–Kier alpha value is -0.320. The largest absolute Gasteiger partial charge is 0.353 e. The second-order valence-corrected chi connectivity index (χ2v) is 2.18. The van der Waals surface area contributed by atoms with E-state index in [4.69, 9.17) is 5.73 Å². The standard InChI is InChI=1S/C6H15N3O.ClH/c1-5(7)6(10)9-4-3-8-2;/h5,8H,3-4,7H2,1-2H3,(H,9,10);1H. The van der Waals surface area contributed by atoms with Gasteiger partial charge in [-0.3, -0.25) is 4.79 Å². The molecule has 0 rings (SSSR count). The molecule has 4 nitrogen and oxygen atoms in total. The van der Waals surface area contributed by atoms with Crippen molar-refractivity contribution in [2.24, 2.45) is 5.73 Å². The molecule has 5 heteroatoms. The van der Waals surface area contributed by atoms with Crippen LogP contribution in [0.3, 0.4) is 0 Å². The number of carbonyl (C=O) groups excluding carboxylic acids is 1. The molecule has 68 valence electrons. The van der Waals surface area contributed by atoms with E-state index >= 15 is 0 Å². The van der Waals surface area contributed by atoms with E-state index in [1.165, 1.54) is 0 Å². The van der Waals surface area contributed by atoms with Gasteiger partial charge in [0.2, 0.25) is 5.91 Å². The van der Waals surface area contributed by atoms with E-state index < -0.39 is 6.04 Å². The second kappa shape index (κ2) is 7.78. The fourth-order valence-electron chi connectivity index (χ4n) is 0.472. The zero-order chi connectivity index (χ0) is 7.98. The molecule has 0 aromatic rings. The predicted octanol–water partition coefficient (Wildman–Crippen LogP) is -0.909. The normalized spacial score (nSPS) is 11.5. The van der Waals surface area contributed by atoms with Crippen LogP contribution in [-0.4, -0.2) is 32.1 Å². The van der Waals surface area contributed by atoms with Crippen molar-refractivity contribution in [3.63, 3.8) is 0 Å². The minimum absolute atomic E-state index is 0. The van der Waals surface area contributed by atoms with E-state index in [0.29, 0.717) is 6.54 Å². The summed E-state index contributed by atoms with van der Waals surface area (Å²) in [6, 6.07) is -0.406. The molecule has 0 aliphatic carbocycles. The number of rotatable bonds is 4. The summed E-state index contributed by atoms with van der Waals surface area (Å²) >= 11 is 0. The van der Waals surface area contributed by atoms with Crippen molar-refractivity contribution in [3.05, 3.63) is 0 Å². The third-order valence-electron chi connectivity index (χ3n) is 1.09. The Morgan fingerprint density at radius 2 is 2.09 bits per heavy atom. The molecule has 4 N–H and O–H groups in total. The molecule has 0 aliphatic rings. The van der Waals surface area contributed by atoms with Gasteiger partial charge in [0.15, 0.2) is 0 Å². The van der Waals surface area contributed by atoms with Crippen LogP contribution in [0.2, 0.25) is 0 Å². The minimum atomic E-state index is -0.406. The Labute approximate surface area is 73.3 Å². The highest BCUT2D eigenvalue weighted by atomic mass is 35.5. The summed E-state index contributed by atoms with van der Waals surface area (Å²) < 4.78 is 0. The van der Waals surface area contributed by atoms with Crippen LogP contribution in [0, 0.1) is 0 Å². The van der Waals surface area contributed by atoms with Crippen LogP contribution in [0.5, 0.6) is 0 Å². The molecule has 0 aromatic heterocycles. The van der Waals surface area contributed by atoms with E-state index in [2.05, 4.69) is 10.6 Å². The summed E-state index contributed by atoms with van der Waals surface area (Å²) in [6.07, 6.45) is 0. The smallest absolute Gasteiger partial charge is 0.236 e. The van der Waals surface area contributed by atoms with Crippen LogP contribution in [0.15, 0.2) is 0 Å². The Kier molecular flexibility index (Phi) is 9.40. The molecule has 1 atom stereocenters. The Bertz CT molecular complexity index is 108. The van der Waals surface area contributed by atoms with Gasteiger partial charge in [-0.2, -0.15) is 0 Å². The third-order valence-corrected chi connectivity index (χ3v) is 1.09. The van der Waals surface area contributed by atoms with Crippen LogP contribution in [0.4, 0.5) is 0 Å². The summed E-state index contributed by atoms with van der Waals surface area (Å²) in [7, 11) is 1.83. The number of hydrogen-bond acceptors (Lipinski definition) is 3. The first-order valence-corrected chi connectivity index (χ1v) is 3.36. The average Bonchev–Trinajstić information content (AvgIpc) is 1.88. The topological polar surface area (TPSA) is 67.1 Å². The van der Waals surface area contributed by atoms with Gasteiger partial charge < -0.3 is 16.4 Å². The monoisotopic (exact) mass is 181 g/mol. The molecule has 0 fully saturated rings. The Morgan fingerprint density at radius 1 is 1.55 bits per heavy atom. The maximum atomic E-state index is 10.8. The minimum Gasteiger partial charge on any atom is -0.353 e. The van der Waals surface area contributed by atoms with Gasteiger partial charge >= 0.3 is 0 Å². The Morgan fingerprint density at radius 3 is 2.45 bits per heavy atom. The molecule has 1 unspecified atom stereocenters. The number of nitrogens with two attached hydrogens (primary N) is 1. The fourth-order valence-corrected chi connectivity index (χ4v) is 0.472. The molecule has 0 radical (unpaired) electrons. The molecule has 0 aliphatic heterocycles. The molecular formula is C6H16ClN3O. The zero-order valence-electron chi connectivity index (χ0n) is 6.89. The van der Waals surface area contributed by atoms with E-state index in [1.54, 1.807) is 6.92 Å². The van der Waals surface area contributed by atoms with Crippen molar-refractivity contribution in [2.45, 2.75) is 13.0 Å². The van der Waals surface area contributed by atoms with Crippen LogP contribution < -0.4 is 16.4 Å². The van der Waals surface area contributed by atoms with Crippen LogP contribution >= 0.6 is 12.4 Å². The lowest BCUT2D eigenvalue weighted by molar-refractivity contribution is -0.121. The average molecular weight is 182 g/mol. The van der Waals surface area contributed by atoms with Gasteiger partial charge in [-0.25, -0.2) is 0 Å². The van der Waals surface area contributed by atoms with Gasteiger partial charge in [-0.15, -0.1) is 12.4 Å². The number of carbonyl (C=O) groups is 1. The fraction of sp³-hybridized carbons (Fsp3) is 0.833. The van der Waals surface area contributed by atoms with Crippen molar-refractivity contribution in [1.82, 2.24) is 10.6 Å². The van der Waals surface area contributed by atoms with Crippen molar-refractivity contribution in [3.8, 4) is 0 Å². The summed E-state index contributed by atoms with van der Waals surface area (Å²) in [6.45, 7) is 3.07. The summed E-state index contributed by atoms with van der Waals surface area (Å²) in [4.78, 5) is 10.8. The van der Waals surface area contributed by atoms with Gasteiger partial charge in [-0.05, 0) is 14.0 Å². The maximum absolute atomic E-state index is 10.8. The molecule has 0 spiro atoms. The number of likely N-dealkylation sites (N-methyl/N-ethyl adjacent to an activating group) is 1. The van der Waals surface area contributed by atoms with E-state index in [0.717, 1.165) is 6.54 Å². The summed E-state index contributed by atoms with van der Waals surface area (Å²) in [5.74, 6) is -0.102. The van der Waals surface area contributed by atoms with E-state index in [-0.39, 0.29) is 18.3 Å². The molecule has 11 heavy (non-hydrogen) atoms.